The van der Waals surface area contributed by atoms with Gasteiger partial charge in [0.25, 0.3) is 0 Å². The Kier molecular flexibility index (Phi) is 6.01. The van der Waals surface area contributed by atoms with Crippen LogP contribution in [0.2, 0.25) is 0 Å². The molecule has 1 unspecified atom stereocenters. The lowest BCUT2D eigenvalue weighted by molar-refractivity contribution is -0.119. The standard InChI is InChI=1S/C13H17F3O2/c1-8(2)12(18)10(4)7-9(3)11(17)5-6-13(14,15)16/h5-6,8-9H,4,7H2,1-3H3/b6-5+. The van der Waals surface area contributed by atoms with Crippen molar-refractivity contribution >= 4 is 11.6 Å². The highest BCUT2D eigenvalue weighted by molar-refractivity contribution is 5.98. The molecule has 102 valence electrons. The molecule has 0 bridgehead atoms. The van der Waals surface area contributed by atoms with E-state index in [4.69, 9.17) is 0 Å². The van der Waals surface area contributed by atoms with Gasteiger partial charge in [-0.05, 0) is 18.1 Å². The predicted molar refractivity (Wildman–Crippen MR) is 63.0 cm³/mol. The monoisotopic (exact) mass is 262 g/mol. The third-order valence-electron chi connectivity index (χ3n) is 2.35. The van der Waals surface area contributed by atoms with Crippen molar-refractivity contribution in [3.8, 4) is 0 Å². The van der Waals surface area contributed by atoms with Crippen molar-refractivity contribution in [2.75, 3.05) is 0 Å². The van der Waals surface area contributed by atoms with Gasteiger partial charge in [-0.15, -0.1) is 0 Å². The van der Waals surface area contributed by atoms with Gasteiger partial charge in [-0.1, -0.05) is 27.4 Å². The lowest BCUT2D eigenvalue weighted by Gasteiger charge is -2.11. The molecular formula is C13H17F3O2. The highest BCUT2D eigenvalue weighted by Crippen LogP contribution is 2.19. The second-order valence-electron chi connectivity index (χ2n) is 4.50. The molecule has 0 aromatic carbocycles. The Bertz CT molecular complexity index is 365. The number of carbonyl (C=O) groups is 2. The van der Waals surface area contributed by atoms with E-state index in [2.05, 4.69) is 6.58 Å². The van der Waals surface area contributed by atoms with Crippen LogP contribution < -0.4 is 0 Å². The van der Waals surface area contributed by atoms with Crippen LogP contribution in [0.1, 0.15) is 27.2 Å². The maximum Gasteiger partial charge on any atom is 0.409 e. The van der Waals surface area contributed by atoms with Gasteiger partial charge in [-0.2, -0.15) is 13.2 Å². The van der Waals surface area contributed by atoms with E-state index in [0.717, 1.165) is 0 Å². The number of carbonyl (C=O) groups excluding carboxylic acids is 2. The van der Waals surface area contributed by atoms with Gasteiger partial charge < -0.3 is 0 Å². The summed E-state index contributed by atoms with van der Waals surface area (Å²) < 4.78 is 35.6. The molecule has 0 saturated heterocycles. The average molecular weight is 262 g/mol. The zero-order valence-electron chi connectivity index (χ0n) is 10.7. The smallest absolute Gasteiger partial charge is 0.295 e. The van der Waals surface area contributed by atoms with Gasteiger partial charge in [0.15, 0.2) is 11.6 Å². The first kappa shape index (κ1) is 16.6. The van der Waals surface area contributed by atoms with Crippen LogP contribution in [0.4, 0.5) is 13.2 Å². The molecular weight excluding hydrogens is 245 g/mol. The van der Waals surface area contributed by atoms with Gasteiger partial charge in [-0.3, -0.25) is 9.59 Å². The quantitative estimate of drug-likeness (QED) is 0.687. The Hall–Kier alpha value is -1.39. The fourth-order valence-electron chi connectivity index (χ4n) is 1.32. The molecule has 0 aliphatic rings. The van der Waals surface area contributed by atoms with Gasteiger partial charge in [0.05, 0.1) is 0 Å². The first-order valence-electron chi connectivity index (χ1n) is 5.56. The second-order valence-corrected chi connectivity index (χ2v) is 4.50. The number of Topliss-reactive ketones (excluding diaryl/α,β-unsaturated/α-hetero) is 1. The van der Waals surface area contributed by atoms with Crippen LogP contribution >= 0.6 is 0 Å². The molecule has 0 amide bonds. The molecule has 0 aliphatic heterocycles. The minimum absolute atomic E-state index is 0.0814. The molecule has 1 atom stereocenters. The Labute approximate surface area is 105 Å². The second kappa shape index (κ2) is 6.52. The average Bonchev–Trinajstić information content (AvgIpc) is 2.23. The van der Waals surface area contributed by atoms with Gasteiger partial charge in [-0.25, -0.2) is 0 Å². The molecule has 0 aromatic rings. The summed E-state index contributed by atoms with van der Waals surface area (Å²) in [6.45, 7) is 8.43. The highest BCUT2D eigenvalue weighted by Gasteiger charge is 2.24. The Morgan fingerprint density at radius 2 is 1.72 bits per heavy atom. The van der Waals surface area contributed by atoms with E-state index in [1.165, 1.54) is 6.92 Å². The first-order chi connectivity index (χ1) is 8.04. The maximum atomic E-state index is 11.9. The Balaban J connectivity index is 4.47. The summed E-state index contributed by atoms with van der Waals surface area (Å²) in [4.78, 5) is 22.9. The molecule has 0 rings (SSSR count). The summed E-state index contributed by atoms with van der Waals surface area (Å²) in [5, 5.41) is 0. The van der Waals surface area contributed by atoms with Crippen molar-refractivity contribution in [3.63, 3.8) is 0 Å². The van der Waals surface area contributed by atoms with Gasteiger partial charge >= 0.3 is 6.18 Å². The molecule has 0 aliphatic carbocycles. The van der Waals surface area contributed by atoms with E-state index in [0.29, 0.717) is 6.08 Å². The minimum atomic E-state index is -4.50. The summed E-state index contributed by atoms with van der Waals surface area (Å²) in [6.07, 6.45) is -4.02. The van der Waals surface area contributed by atoms with Gasteiger partial charge in [0.1, 0.15) is 0 Å². The Morgan fingerprint density at radius 3 is 2.11 bits per heavy atom. The van der Waals surface area contributed by atoms with E-state index < -0.39 is 17.9 Å². The lowest BCUT2D eigenvalue weighted by Crippen LogP contribution is -2.16. The number of hydrogen-bond acceptors (Lipinski definition) is 2. The number of halogens is 3. The zero-order chi connectivity index (χ0) is 14.5. The van der Waals surface area contributed by atoms with Crippen molar-refractivity contribution in [1.82, 2.24) is 0 Å². The largest absolute Gasteiger partial charge is 0.409 e. The van der Waals surface area contributed by atoms with E-state index in [1.54, 1.807) is 13.8 Å². The summed E-state index contributed by atoms with van der Waals surface area (Å²) >= 11 is 0. The molecule has 5 heteroatoms. The SMILES string of the molecule is C=C(CC(C)C(=O)/C=C/C(F)(F)F)C(=O)C(C)C. The van der Waals surface area contributed by atoms with E-state index in [-0.39, 0.29) is 29.8 Å². The van der Waals surface area contributed by atoms with Crippen molar-refractivity contribution < 1.29 is 22.8 Å². The molecule has 0 saturated carbocycles. The molecule has 0 radical (unpaired) electrons. The number of rotatable bonds is 6. The third-order valence-corrected chi connectivity index (χ3v) is 2.35. The number of hydrogen-bond donors (Lipinski definition) is 0. The Morgan fingerprint density at radius 1 is 1.22 bits per heavy atom. The number of allylic oxidation sites excluding steroid dienone is 3. The van der Waals surface area contributed by atoms with E-state index in [9.17, 15) is 22.8 Å². The molecule has 0 N–H and O–H groups in total. The van der Waals surface area contributed by atoms with Crippen molar-refractivity contribution in [1.29, 1.82) is 0 Å². The number of ketones is 2. The van der Waals surface area contributed by atoms with Crippen LogP contribution in [-0.4, -0.2) is 17.7 Å². The van der Waals surface area contributed by atoms with Crippen molar-refractivity contribution in [3.05, 3.63) is 24.3 Å². The van der Waals surface area contributed by atoms with Crippen LogP contribution in [0.15, 0.2) is 24.3 Å². The molecule has 0 heterocycles. The fraction of sp³-hybridized carbons (Fsp3) is 0.538. The fourth-order valence-corrected chi connectivity index (χ4v) is 1.32. The zero-order valence-corrected chi connectivity index (χ0v) is 10.7. The van der Waals surface area contributed by atoms with Crippen LogP contribution in [0.3, 0.4) is 0 Å². The third kappa shape index (κ3) is 6.37. The highest BCUT2D eigenvalue weighted by atomic mass is 19.4. The maximum absolute atomic E-state index is 11.9. The molecule has 2 nitrogen and oxygen atoms in total. The molecule has 0 aromatic heterocycles. The number of alkyl halides is 3. The van der Waals surface area contributed by atoms with Gasteiger partial charge in [0.2, 0.25) is 0 Å². The van der Waals surface area contributed by atoms with E-state index in [1.807, 2.05) is 0 Å². The van der Waals surface area contributed by atoms with Gasteiger partial charge in [0, 0.05) is 17.9 Å². The summed E-state index contributed by atoms with van der Waals surface area (Å²) in [6, 6.07) is 0. The van der Waals surface area contributed by atoms with Crippen LogP contribution in [0, 0.1) is 11.8 Å². The van der Waals surface area contributed by atoms with Crippen LogP contribution in [0.25, 0.3) is 0 Å². The van der Waals surface area contributed by atoms with Crippen LogP contribution in [0.5, 0.6) is 0 Å². The van der Waals surface area contributed by atoms with E-state index >= 15 is 0 Å². The van der Waals surface area contributed by atoms with Crippen molar-refractivity contribution in [2.24, 2.45) is 11.8 Å². The molecule has 18 heavy (non-hydrogen) atoms. The molecule has 0 fully saturated rings. The van der Waals surface area contributed by atoms with Crippen molar-refractivity contribution in [2.45, 2.75) is 33.4 Å². The summed E-state index contributed by atoms with van der Waals surface area (Å²) in [5.74, 6) is -1.75. The molecule has 0 spiro atoms. The topological polar surface area (TPSA) is 34.1 Å². The lowest BCUT2D eigenvalue weighted by atomic mass is 9.92. The van der Waals surface area contributed by atoms with Crippen LogP contribution in [-0.2, 0) is 9.59 Å². The normalized spacial score (nSPS) is 13.9. The predicted octanol–water partition coefficient (Wildman–Crippen LogP) is 3.48. The minimum Gasteiger partial charge on any atom is -0.295 e. The summed E-state index contributed by atoms with van der Waals surface area (Å²) in [7, 11) is 0. The summed E-state index contributed by atoms with van der Waals surface area (Å²) in [5.41, 5.74) is 0.270. The first-order valence-corrected chi connectivity index (χ1v) is 5.56.